The molecular formula is C27H34ClN5O3S. The molecular weight excluding hydrogens is 510 g/mol. The van der Waals surface area contributed by atoms with E-state index in [0.29, 0.717) is 27.7 Å². The Morgan fingerprint density at radius 1 is 1.03 bits per heavy atom. The number of likely N-dealkylation sites (tertiary alicyclic amines) is 2. The van der Waals surface area contributed by atoms with Crippen molar-refractivity contribution in [3.8, 4) is 0 Å². The third-order valence-electron chi connectivity index (χ3n) is 9.64. The zero-order valence-electron chi connectivity index (χ0n) is 21.2. The maximum Gasteiger partial charge on any atom is 0.320 e. The summed E-state index contributed by atoms with van der Waals surface area (Å²) in [6.07, 6.45) is 9.79. The molecule has 8 nitrogen and oxygen atoms in total. The molecule has 1 N–H and O–H groups in total. The average molecular weight is 544 g/mol. The lowest BCUT2D eigenvalue weighted by Crippen LogP contribution is -2.65. The Kier molecular flexibility index (Phi) is 5.30. The van der Waals surface area contributed by atoms with Crippen molar-refractivity contribution < 1.29 is 13.2 Å². The van der Waals surface area contributed by atoms with Crippen LogP contribution >= 0.6 is 11.6 Å². The molecule has 5 fully saturated rings. The number of sulfone groups is 1. The lowest BCUT2D eigenvalue weighted by molar-refractivity contribution is -0.0563. The van der Waals surface area contributed by atoms with Crippen molar-refractivity contribution in [1.82, 2.24) is 25.0 Å². The maximum atomic E-state index is 13.2. The van der Waals surface area contributed by atoms with Gasteiger partial charge in [0.15, 0.2) is 9.84 Å². The van der Waals surface area contributed by atoms with Gasteiger partial charge in [-0.05, 0) is 80.4 Å². The fourth-order valence-corrected chi connectivity index (χ4v) is 8.85. The van der Waals surface area contributed by atoms with Gasteiger partial charge in [0.05, 0.1) is 4.90 Å². The van der Waals surface area contributed by atoms with Crippen LogP contribution in [0.4, 0.5) is 4.79 Å². The standard InChI is InChI=1S/C27H34ClN5O3S/c1-37(35,36)22-9-21(28)5-4-19(22)8-17-10-26(11-17)6-7-32(14-26)25(34)33-15-27(16-33)12-20(13-27)24-29-23(30-31-24)18-2-3-18/h4-5,9,17-18,20H,2-3,6-8,10-16H2,1H3,(H,29,30,31). The van der Waals surface area contributed by atoms with Crippen LogP contribution in [0.1, 0.15) is 74.0 Å². The summed E-state index contributed by atoms with van der Waals surface area (Å²) in [6.45, 7) is 3.39. The summed E-state index contributed by atoms with van der Waals surface area (Å²) in [7, 11) is -3.32. The van der Waals surface area contributed by atoms with Gasteiger partial charge < -0.3 is 14.8 Å². The van der Waals surface area contributed by atoms with Gasteiger partial charge >= 0.3 is 6.03 Å². The normalized spacial score (nSPS) is 26.3. The molecule has 3 aliphatic carbocycles. The number of benzene rings is 1. The lowest BCUT2D eigenvalue weighted by Gasteiger charge is -2.59. The van der Waals surface area contributed by atoms with Crippen LogP contribution in [0.5, 0.6) is 0 Å². The van der Waals surface area contributed by atoms with Crippen molar-refractivity contribution in [2.45, 2.75) is 68.1 Å². The molecule has 37 heavy (non-hydrogen) atoms. The molecule has 0 unspecified atom stereocenters. The minimum absolute atomic E-state index is 0.196. The van der Waals surface area contributed by atoms with Crippen LogP contribution in [-0.2, 0) is 16.3 Å². The monoisotopic (exact) mass is 543 g/mol. The zero-order valence-corrected chi connectivity index (χ0v) is 22.8. The maximum absolute atomic E-state index is 13.2. The van der Waals surface area contributed by atoms with Crippen molar-refractivity contribution in [2.75, 3.05) is 32.4 Å². The lowest BCUT2D eigenvalue weighted by atomic mass is 9.57. The van der Waals surface area contributed by atoms with Gasteiger partial charge in [-0.25, -0.2) is 13.2 Å². The predicted octanol–water partition coefficient (Wildman–Crippen LogP) is 4.38. The van der Waals surface area contributed by atoms with Gasteiger partial charge in [-0.15, -0.1) is 10.2 Å². The van der Waals surface area contributed by atoms with E-state index in [1.54, 1.807) is 12.1 Å². The van der Waals surface area contributed by atoms with E-state index in [1.165, 1.54) is 19.1 Å². The smallest absolute Gasteiger partial charge is 0.320 e. The molecule has 3 heterocycles. The number of aromatic nitrogens is 3. The Balaban J connectivity index is 0.895. The van der Waals surface area contributed by atoms with E-state index >= 15 is 0 Å². The molecule has 10 heteroatoms. The predicted molar refractivity (Wildman–Crippen MR) is 139 cm³/mol. The topological polar surface area (TPSA) is 99.3 Å². The minimum Gasteiger partial charge on any atom is -0.328 e. The zero-order chi connectivity index (χ0) is 25.6. The van der Waals surface area contributed by atoms with Crippen LogP contribution in [0.2, 0.25) is 5.02 Å². The van der Waals surface area contributed by atoms with Crippen molar-refractivity contribution in [3.05, 3.63) is 40.4 Å². The molecule has 0 radical (unpaired) electrons. The quantitative estimate of drug-likeness (QED) is 0.603. The molecule has 5 aliphatic rings. The summed E-state index contributed by atoms with van der Waals surface area (Å²) >= 11 is 6.06. The van der Waals surface area contributed by atoms with E-state index in [9.17, 15) is 13.2 Å². The second kappa shape index (κ2) is 8.18. The summed E-state index contributed by atoms with van der Waals surface area (Å²) in [5, 5.41) is 9.18. The Bertz CT molecular complexity index is 1350. The van der Waals surface area contributed by atoms with E-state index in [4.69, 9.17) is 11.6 Å². The van der Waals surface area contributed by atoms with E-state index < -0.39 is 9.84 Å². The van der Waals surface area contributed by atoms with E-state index in [2.05, 4.69) is 20.1 Å². The molecule has 0 bridgehead atoms. The number of H-pyrrole nitrogens is 1. The summed E-state index contributed by atoms with van der Waals surface area (Å²) in [4.78, 5) is 21.1. The highest BCUT2D eigenvalue weighted by molar-refractivity contribution is 7.90. The number of carbonyl (C=O) groups excluding carboxylic acids is 1. The number of rotatable bonds is 5. The van der Waals surface area contributed by atoms with Crippen LogP contribution in [-0.4, -0.2) is 71.9 Å². The number of amides is 2. The first kappa shape index (κ1) is 23.9. The second-order valence-electron chi connectivity index (χ2n) is 12.8. The van der Waals surface area contributed by atoms with Gasteiger partial charge in [-0.1, -0.05) is 17.7 Å². The van der Waals surface area contributed by atoms with Gasteiger partial charge in [0.2, 0.25) is 0 Å². The van der Waals surface area contributed by atoms with Crippen molar-refractivity contribution in [3.63, 3.8) is 0 Å². The molecule has 1 aromatic carbocycles. The second-order valence-corrected chi connectivity index (χ2v) is 15.2. The number of nitrogens with one attached hydrogen (secondary N) is 1. The molecule has 0 atom stereocenters. The first-order valence-corrected chi connectivity index (χ1v) is 15.8. The van der Waals surface area contributed by atoms with Crippen molar-refractivity contribution in [1.29, 1.82) is 0 Å². The number of hydrogen-bond donors (Lipinski definition) is 1. The summed E-state index contributed by atoms with van der Waals surface area (Å²) in [6, 6.07) is 5.39. The number of carbonyl (C=O) groups is 1. The minimum atomic E-state index is -3.32. The molecule has 1 aromatic heterocycles. The van der Waals surface area contributed by atoms with E-state index in [1.807, 2.05) is 11.0 Å². The first-order valence-electron chi connectivity index (χ1n) is 13.6. The highest BCUT2D eigenvalue weighted by Crippen LogP contribution is 2.57. The first-order chi connectivity index (χ1) is 17.6. The Morgan fingerprint density at radius 3 is 2.38 bits per heavy atom. The Labute approximate surface area is 223 Å². The van der Waals surface area contributed by atoms with Crippen LogP contribution in [0.15, 0.2) is 23.1 Å². The third kappa shape index (κ3) is 4.26. The van der Waals surface area contributed by atoms with Gasteiger partial charge in [0.1, 0.15) is 11.6 Å². The van der Waals surface area contributed by atoms with Gasteiger partial charge in [0.25, 0.3) is 0 Å². The van der Waals surface area contributed by atoms with Crippen LogP contribution in [0.3, 0.4) is 0 Å². The Morgan fingerprint density at radius 2 is 1.70 bits per heavy atom. The van der Waals surface area contributed by atoms with Crippen LogP contribution < -0.4 is 0 Å². The van der Waals surface area contributed by atoms with Gasteiger partial charge in [-0.3, -0.25) is 0 Å². The largest absolute Gasteiger partial charge is 0.328 e. The highest BCUT2D eigenvalue weighted by Gasteiger charge is 2.57. The van der Waals surface area contributed by atoms with E-state index in [-0.39, 0.29) is 16.9 Å². The number of hydrogen-bond acceptors (Lipinski definition) is 5. The summed E-state index contributed by atoms with van der Waals surface area (Å²) in [5.74, 6) is 3.62. The van der Waals surface area contributed by atoms with Crippen molar-refractivity contribution in [2.24, 2.45) is 16.7 Å². The molecule has 2 spiro atoms. The molecule has 198 valence electrons. The number of halogens is 1. The van der Waals surface area contributed by atoms with Gasteiger partial charge in [-0.2, -0.15) is 0 Å². The average Bonchev–Trinajstić information content (AvgIpc) is 3.33. The highest BCUT2D eigenvalue weighted by atomic mass is 35.5. The Hall–Kier alpha value is -2.13. The van der Waals surface area contributed by atoms with Crippen LogP contribution in [0.25, 0.3) is 0 Å². The summed E-state index contributed by atoms with van der Waals surface area (Å²) in [5.41, 5.74) is 1.34. The SMILES string of the molecule is CS(=O)(=O)c1cc(Cl)ccc1CC1CC2(CCN(C(=O)N3CC4(CC(c5nnc(C6CC6)[nH]5)C4)C3)C2)C1. The number of aromatic amines is 1. The molecule has 2 aliphatic heterocycles. The molecule has 2 saturated heterocycles. The van der Waals surface area contributed by atoms with Gasteiger partial charge in [0, 0.05) is 54.7 Å². The summed E-state index contributed by atoms with van der Waals surface area (Å²) < 4.78 is 24.5. The number of nitrogens with zero attached hydrogens (tertiary/aromatic N) is 4. The third-order valence-corrected chi connectivity index (χ3v) is 11.1. The fraction of sp³-hybridized carbons (Fsp3) is 0.667. The number of urea groups is 1. The molecule has 7 rings (SSSR count). The van der Waals surface area contributed by atoms with Crippen molar-refractivity contribution >= 4 is 27.5 Å². The molecule has 2 amide bonds. The molecule has 2 aromatic rings. The van der Waals surface area contributed by atoms with E-state index in [0.717, 1.165) is 81.9 Å². The van der Waals surface area contributed by atoms with Crippen LogP contribution in [0, 0.1) is 16.7 Å². The molecule has 3 saturated carbocycles. The fourth-order valence-electron chi connectivity index (χ4n) is 7.64.